The van der Waals surface area contributed by atoms with Crippen molar-refractivity contribution in [1.82, 2.24) is 0 Å². The number of carboxylic acids is 2. The van der Waals surface area contributed by atoms with Gasteiger partial charge < -0.3 is 50.3 Å². The number of benzene rings is 4. The van der Waals surface area contributed by atoms with Crippen LogP contribution in [0.4, 0.5) is 0 Å². The van der Waals surface area contributed by atoms with E-state index in [4.69, 9.17) is 32.7 Å². The molecule has 4 aromatic carbocycles. The molecular formula is C44H44Cl2O14. The number of phenolic OH excluding ortho intramolecular Hbond substituents is 4. The molecule has 0 saturated carbocycles. The lowest BCUT2D eigenvalue weighted by Gasteiger charge is -2.48. The number of ketones is 2. The molecule has 0 spiro atoms. The number of hydrogen-bond acceptors (Lipinski definition) is 12. The highest BCUT2D eigenvalue weighted by atomic mass is 35.5. The van der Waals surface area contributed by atoms with Crippen molar-refractivity contribution in [2.45, 2.75) is 64.6 Å². The Hall–Kier alpha value is -5.54. The Morgan fingerprint density at radius 1 is 0.633 bits per heavy atom. The van der Waals surface area contributed by atoms with E-state index in [1.54, 1.807) is 27.7 Å². The highest BCUT2D eigenvalue weighted by Gasteiger charge is 2.58. The van der Waals surface area contributed by atoms with Crippen LogP contribution in [-0.4, -0.2) is 89.8 Å². The Kier molecular flexibility index (Phi) is 11.1. The van der Waals surface area contributed by atoms with Gasteiger partial charge in [0.05, 0.1) is 81.4 Å². The SMILES string of the molecule is CO/C(=C/C(=O)O)C1c2c(c(O)c3c(O)c(-c4ccc5c(Cl)c6c(c(O)c5c4O)C(=O)C(C)C(O)(C(C)C)C6/C(=C\C(=O)O)OC)ccc3c2Cl)C(=O)C(C)C1(O)C(C)C. The van der Waals surface area contributed by atoms with E-state index in [0.717, 1.165) is 12.2 Å². The number of hydrogen-bond donors (Lipinski definition) is 8. The number of carboxylic acid groups (broad SMARTS) is 2. The van der Waals surface area contributed by atoms with E-state index in [1.807, 2.05) is 0 Å². The molecule has 0 heterocycles. The minimum atomic E-state index is -1.96. The van der Waals surface area contributed by atoms with E-state index < -0.39 is 104 Å². The highest BCUT2D eigenvalue weighted by Crippen LogP contribution is 2.60. The fourth-order valence-electron chi connectivity index (χ4n) is 9.50. The number of carbonyl (C=O) groups excluding carboxylic acids is 2. The summed E-state index contributed by atoms with van der Waals surface area (Å²) >= 11 is 14.0. The number of rotatable bonds is 9. The predicted molar refractivity (Wildman–Crippen MR) is 221 cm³/mol. The average molecular weight is 868 g/mol. The third-order valence-corrected chi connectivity index (χ3v) is 13.5. The first-order chi connectivity index (χ1) is 28.0. The van der Waals surface area contributed by atoms with Crippen LogP contribution in [0, 0.1) is 23.7 Å². The number of methoxy groups -OCH3 is 2. The Morgan fingerprint density at radius 2 is 0.950 bits per heavy atom. The smallest absolute Gasteiger partial charge is 0.331 e. The lowest BCUT2D eigenvalue weighted by molar-refractivity contribution is -0.132. The zero-order valence-electron chi connectivity index (χ0n) is 33.7. The van der Waals surface area contributed by atoms with Crippen molar-refractivity contribution in [2.24, 2.45) is 23.7 Å². The van der Waals surface area contributed by atoms with Crippen LogP contribution >= 0.6 is 23.2 Å². The van der Waals surface area contributed by atoms with Gasteiger partial charge in [-0.1, -0.05) is 76.9 Å². The van der Waals surface area contributed by atoms with Gasteiger partial charge >= 0.3 is 11.9 Å². The van der Waals surface area contributed by atoms with Crippen molar-refractivity contribution >= 4 is 68.3 Å². The van der Waals surface area contributed by atoms with Crippen molar-refractivity contribution in [1.29, 1.82) is 0 Å². The van der Waals surface area contributed by atoms with Crippen LogP contribution in [0.25, 0.3) is 32.7 Å². The standard InChI is InChI=1S/C44H44Cl2O14/c1-15(2)43(57)17(5)37(51)31-29(33(43)23(59-7)13-25(47)48)35(45)21-11-9-19(39(53)27(21)41(31)55)20-10-12-22-28(40(20)54)42(56)32-30(36(22)46)34(24(60-8)14-26(49)50)44(58,16(3)4)18(6)38(32)52/h9-18,33-34,53-58H,1-8H3,(H,47,48)(H,49,50)/b23-13+,24-14+. The number of aliphatic hydroxyl groups is 2. The van der Waals surface area contributed by atoms with E-state index >= 15 is 0 Å². The summed E-state index contributed by atoms with van der Waals surface area (Å²) in [6, 6.07) is 5.37. The van der Waals surface area contributed by atoms with E-state index in [-0.39, 0.29) is 65.4 Å². The molecule has 0 fully saturated rings. The molecule has 0 aromatic heterocycles. The molecular weight excluding hydrogens is 823 g/mol. The first-order valence-electron chi connectivity index (χ1n) is 18.9. The molecule has 8 N–H and O–H groups in total. The molecule has 0 aliphatic heterocycles. The van der Waals surface area contributed by atoms with Gasteiger partial charge in [0.15, 0.2) is 11.6 Å². The summed E-state index contributed by atoms with van der Waals surface area (Å²) in [5.74, 6) is -14.4. The molecule has 6 unspecified atom stereocenters. The maximum atomic E-state index is 14.1. The van der Waals surface area contributed by atoms with E-state index in [0.29, 0.717) is 0 Å². The molecule has 16 heteroatoms. The topological polar surface area (TPSA) is 249 Å². The van der Waals surface area contributed by atoms with Gasteiger partial charge in [0, 0.05) is 33.7 Å². The summed E-state index contributed by atoms with van der Waals surface area (Å²) in [6.45, 7) is 9.36. The van der Waals surface area contributed by atoms with Crippen LogP contribution in [0.2, 0.25) is 10.0 Å². The van der Waals surface area contributed by atoms with Crippen molar-refractivity contribution in [2.75, 3.05) is 14.2 Å². The summed E-state index contributed by atoms with van der Waals surface area (Å²) in [4.78, 5) is 52.1. The zero-order chi connectivity index (χ0) is 44.8. The Balaban J connectivity index is 1.67. The Labute approximate surface area is 353 Å². The van der Waals surface area contributed by atoms with Gasteiger partial charge in [-0.25, -0.2) is 9.59 Å². The van der Waals surface area contributed by atoms with Crippen molar-refractivity contribution in [3.8, 4) is 34.1 Å². The second kappa shape index (κ2) is 15.2. The van der Waals surface area contributed by atoms with Crippen LogP contribution in [0.1, 0.15) is 85.2 Å². The number of carbonyl (C=O) groups is 4. The molecule has 14 nitrogen and oxygen atoms in total. The normalized spacial score (nSPS) is 24.6. The first-order valence-corrected chi connectivity index (χ1v) is 19.6. The predicted octanol–water partition coefficient (Wildman–Crippen LogP) is 7.63. The number of Topliss-reactive ketones (excluding diaryl/α,β-unsaturated/α-hetero) is 2. The molecule has 0 saturated heterocycles. The fourth-order valence-corrected chi connectivity index (χ4v) is 10.2. The molecule has 0 bridgehead atoms. The maximum absolute atomic E-state index is 14.1. The number of aliphatic carboxylic acids is 2. The molecule has 4 aromatic rings. The quantitative estimate of drug-likeness (QED) is 0.0596. The van der Waals surface area contributed by atoms with Crippen molar-refractivity contribution in [3.63, 3.8) is 0 Å². The Morgan fingerprint density at radius 3 is 1.22 bits per heavy atom. The summed E-state index contributed by atoms with van der Waals surface area (Å²) in [6.07, 6.45) is 1.46. The molecule has 6 atom stereocenters. The van der Waals surface area contributed by atoms with E-state index in [2.05, 4.69) is 0 Å². The second-order valence-corrected chi connectivity index (χ2v) is 16.7. The number of phenols is 4. The third-order valence-electron chi connectivity index (χ3n) is 12.7. The van der Waals surface area contributed by atoms with Crippen LogP contribution in [0.15, 0.2) is 47.9 Å². The van der Waals surface area contributed by atoms with Crippen LogP contribution in [0.3, 0.4) is 0 Å². The molecule has 6 rings (SSSR count). The van der Waals surface area contributed by atoms with E-state index in [1.165, 1.54) is 52.3 Å². The highest BCUT2D eigenvalue weighted by molar-refractivity contribution is 6.39. The number of halogens is 2. The minimum Gasteiger partial charge on any atom is -0.507 e. The molecule has 318 valence electrons. The van der Waals surface area contributed by atoms with Gasteiger partial charge in [-0.3, -0.25) is 9.59 Å². The van der Waals surface area contributed by atoms with Crippen LogP contribution < -0.4 is 0 Å². The van der Waals surface area contributed by atoms with E-state index in [9.17, 15) is 60.0 Å². The molecule has 0 radical (unpaired) electrons. The third kappa shape index (κ3) is 5.98. The minimum absolute atomic E-state index is 0.0229. The molecule has 2 aliphatic carbocycles. The lowest BCUT2D eigenvalue weighted by Crippen LogP contribution is -2.54. The monoisotopic (exact) mass is 866 g/mol. The summed E-state index contributed by atoms with van der Waals surface area (Å²) in [5, 5.41) is 90.4. The van der Waals surface area contributed by atoms with Gasteiger partial charge in [0.25, 0.3) is 0 Å². The molecule has 2 aliphatic rings. The number of aromatic hydroxyl groups is 4. The van der Waals surface area contributed by atoms with Crippen LogP contribution in [-0.2, 0) is 19.1 Å². The molecule has 0 amide bonds. The van der Waals surface area contributed by atoms with Crippen molar-refractivity contribution in [3.05, 3.63) is 80.2 Å². The second-order valence-electron chi connectivity index (χ2n) is 16.0. The van der Waals surface area contributed by atoms with Gasteiger partial charge in [-0.05, 0) is 35.1 Å². The summed E-state index contributed by atoms with van der Waals surface area (Å²) < 4.78 is 10.9. The van der Waals surface area contributed by atoms with Crippen LogP contribution in [0.5, 0.6) is 23.0 Å². The lowest BCUT2D eigenvalue weighted by atomic mass is 9.60. The summed E-state index contributed by atoms with van der Waals surface area (Å²) in [5.41, 5.74) is -5.26. The summed E-state index contributed by atoms with van der Waals surface area (Å²) in [7, 11) is 2.38. The maximum Gasteiger partial charge on any atom is 0.331 e. The van der Waals surface area contributed by atoms with Crippen molar-refractivity contribution < 1.29 is 69.5 Å². The van der Waals surface area contributed by atoms with Gasteiger partial charge in [0.1, 0.15) is 34.5 Å². The Bertz CT molecular complexity index is 2450. The van der Waals surface area contributed by atoms with Gasteiger partial charge in [0.2, 0.25) is 0 Å². The largest absolute Gasteiger partial charge is 0.507 e. The average Bonchev–Trinajstić information content (AvgIpc) is 3.18. The van der Waals surface area contributed by atoms with Gasteiger partial charge in [-0.2, -0.15) is 0 Å². The fraction of sp³-hybridized carbons (Fsp3) is 0.364. The number of fused-ring (bicyclic) bond motifs is 4. The zero-order valence-corrected chi connectivity index (χ0v) is 35.2. The molecule has 60 heavy (non-hydrogen) atoms. The first kappa shape index (κ1) is 44.0. The number of ether oxygens (including phenoxy) is 2. The van der Waals surface area contributed by atoms with Gasteiger partial charge in [-0.15, -0.1) is 0 Å².